The molecule has 1 aliphatic heterocycles. The maximum atomic E-state index is 8.67. The van der Waals surface area contributed by atoms with Crippen molar-refractivity contribution in [3.8, 4) is 17.2 Å². The summed E-state index contributed by atoms with van der Waals surface area (Å²) in [6, 6.07) is 3.81. The maximum Gasteiger partial charge on any atom is 0.231 e. The first kappa shape index (κ1) is 11.0. The number of ether oxygens (including phenoxy) is 3. The fraction of sp³-hybridized carbons (Fsp3) is 0.455. The normalized spacial score (nSPS) is 12.9. The Morgan fingerprint density at radius 1 is 1.44 bits per heavy atom. The molecular formula is C11H15NO4. The lowest BCUT2D eigenvalue weighted by molar-refractivity contribution is 0.171. The molecule has 5 heteroatoms. The fourth-order valence-corrected chi connectivity index (χ4v) is 1.60. The molecule has 2 N–H and O–H groups in total. The van der Waals surface area contributed by atoms with Gasteiger partial charge in [0, 0.05) is 13.1 Å². The van der Waals surface area contributed by atoms with Crippen molar-refractivity contribution in [3.63, 3.8) is 0 Å². The van der Waals surface area contributed by atoms with Crippen LogP contribution >= 0.6 is 0 Å². The molecule has 0 saturated carbocycles. The van der Waals surface area contributed by atoms with Crippen molar-refractivity contribution in [2.45, 2.75) is 6.54 Å². The van der Waals surface area contributed by atoms with Crippen LogP contribution in [-0.4, -0.2) is 32.2 Å². The summed E-state index contributed by atoms with van der Waals surface area (Å²) < 4.78 is 15.8. The van der Waals surface area contributed by atoms with Crippen LogP contribution in [0.5, 0.6) is 17.2 Å². The third-order valence-corrected chi connectivity index (χ3v) is 2.34. The van der Waals surface area contributed by atoms with E-state index in [4.69, 9.17) is 19.3 Å². The van der Waals surface area contributed by atoms with Gasteiger partial charge in [-0.05, 0) is 17.7 Å². The second kappa shape index (κ2) is 5.05. The van der Waals surface area contributed by atoms with Crippen molar-refractivity contribution in [1.29, 1.82) is 0 Å². The van der Waals surface area contributed by atoms with Crippen LogP contribution in [0, 0.1) is 0 Å². The monoisotopic (exact) mass is 225 g/mol. The van der Waals surface area contributed by atoms with E-state index in [-0.39, 0.29) is 13.4 Å². The average Bonchev–Trinajstić information content (AvgIpc) is 2.76. The Balaban J connectivity index is 2.14. The predicted molar refractivity (Wildman–Crippen MR) is 57.9 cm³/mol. The highest BCUT2D eigenvalue weighted by Gasteiger charge is 2.19. The van der Waals surface area contributed by atoms with Crippen LogP contribution in [0.15, 0.2) is 12.1 Å². The molecule has 1 aliphatic rings. The molecule has 0 radical (unpaired) electrons. The zero-order valence-corrected chi connectivity index (χ0v) is 9.16. The van der Waals surface area contributed by atoms with Crippen molar-refractivity contribution in [2.24, 2.45) is 0 Å². The third kappa shape index (κ3) is 2.20. The molecular weight excluding hydrogens is 210 g/mol. The number of aliphatic hydroxyl groups excluding tert-OH is 1. The number of nitrogens with one attached hydrogen (secondary N) is 1. The topological polar surface area (TPSA) is 60.0 Å². The minimum Gasteiger partial charge on any atom is -0.493 e. The van der Waals surface area contributed by atoms with Gasteiger partial charge in [-0.3, -0.25) is 0 Å². The molecule has 0 bridgehead atoms. The Morgan fingerprint density at radius 3 is 3.06 bits per heavy atom. The summed E-state index contributed by atoms with van der Waals surface area (Å²) in [5.74, 6) is 2.05. The first-order valence-corrected chi connectivity index (χ1v) is 5.13. The summed E-state index contributed by atoms with van der Waals surface area (Å²) in [7, 11) is 1.60. The molecule has 0 spiro atoms. The fourth-order valence-electron chi connectivity index (χ4n) is 1.60. The second-order valence-electron chi connectivity index (χ2n) is 3.43. The van der Waals surface area contributed by atoms with E-state index in [1.165, 1.54) is 0 Å². The van der Waals surface area contributed by atoms with E-state index in [1.807, 2.05) is 12.1 Å². The molecule has 16 heavy (non-hydrogen) atoms. The zero-order valence-electron chi connectivity index (χ0n) is 9.16. The van der Waals surface area contributed by atoms with Gasteiger partial charge in [0.2, 0.25) is 12.5 Å². The maximum absolute atomic E-state index is 8.67. The number of hydrogen-bond donors (Lipinski definition) is 2. The van der Waals surface area contributed by atoms with Crippen LogP contribution in [0.4, 0.5) is 0 Å². The van der Waals surface area contributed by atoms with Crippen molar-refractivity contribution in [2.75, 3.05) is 27.1 Å². The Bertz CT molecular complexity index is 367. The molecule has 0 fully saturated rings. The lowest BCUT2D eigenvalue weighted by Gasteiger charge is -2.08. The van der Waals surface area contributed by atoms with Crippen molar-refractivity contribution in [3.05, 3.63) is 17.7 Å². The van der Waals surface area contributed by atoms with Crippen molar-refractivity contribution in [1.82, 2.24) is 5.32 Å². The van der Waals surface area contributed by atoms with E-state index in [1.54, 1.807) is 7.11 Å². The minimum atomic E-state index is 0.127. The summed E-state index contributed by atoms with van der Waals surface area (Å²) in [6.45, 7) is 1.59. The Kier molecular flexibility index (Phi) is 3.48. The molecule has 5 nitrogen and oxygen atoms in total. The van der Waals surface area contributed by atoms with Crippen LogP contribution in [0.1, 0.15) is 5.56 Å². The van der Waals surface area contributed by atoms with Crippen molar-refractivity contribution < 1.29 is 19.3 Å². The van der Waals surface area contributed by atoms with Crippen LogP contribution in [0.3, 0.4) is 0 Å². The number of methoxy groups -OCH3 is 1. The van der Waals surface area contributed by atoms with Gasteiger partial charge in [0.25, 0.3) is 0 Å². The van der Waals surface area contributed by atoms with Gasteiger partial charge in [0.15, 0.2) is 11.5 Å². The molecule has 0 atom stereocenters. The number of hydrogen-bond acceptors (Lipinski definition) is 5. The lowest BCUT2D eigenvalue weighted by Crippen LogP contribution is -2.17. The highest BCUT2D eigenvalue weighted by Crippen LogP contribution is 2.41. The number of fused-ring (bicyclic) bond motifs is 1. The van der Waals surface area contributed by atoms with Gasteiger partial charge in [0.1, 0.15) is 0 Å². The summed E-state index contributed by atoms with van der Waals surface area (Å²) in [6.07, 6.45) is 0. The molecule has 0 aliphatic carbocycles. The standard InChI is InChI=1S/C11H15NO4/c1-14-9-4-8(6-12-2-3-13)5-10-11(9)16-7-15-10/h4-5,12-13H,2-3,6-7H2,1H3. The van der Waals surface area contributed by atoms with E-state index in [0.29, 0.717) is 30.3 Å². The smallest absolute Gasteiger partial charge is 0.231 e. The van der Waals surface area contributed by atoms with Crippen molar-refractivity contribution >= 4 is 0 Å². The lowest BCUT2D eigenvalue weighted by atomic mass is 10.2. The summed E-state index contributed by atoms with van der Waals surface area (Å²) in [4.78, 5) is 0. The van der Waals surface area contributed by atoms with E-state index in [0.717, 1.165) is 5.56 Å². The van der Waals surface area contributed by atoms with Crippen LogP contribution < -0.4 is 19.5 Å². The largest absolute Gasteiger partial charge is 0.493 e. The Morgan fingerprint density at radius 2 is 2.31 bits per heavy atom. The molecule has 88 valence electrons. The molecule has 1 aromatic rings. The van der Waals surface area contributed by atoms with Gasteiger partial charge in [-0.15, -0.1) is 0 Å². The third-order valence-electron chi connectivity index (χ3n) is 2.34. The predicted octanol–water partition coefficient (Wildman–Crippen LogP) is 0.506. The van der Waals surface area contributed by atoms with Gasteiger partial charge in [-0.1, -0.05) is 0 Å². The van der Waals surface area contributed by atoms with Gasteiger partial charge < -0.3 is 24.6 Å². The summed E-state index contributed by atoms with van der Waals surface area (Å²) >= 11 is 0. The average molecular weight is 225 g/mol. The van der Waals surface area contributed by atoms with E-state index in [9.17, 15) is 0 Å². The Labute approximate surface area is 93.9 Å². The summed E-state index contributed by atoms with van der Waals surface area (Å²) in [5, 5.41) is 11.8. The van der Waals surface area contributed by atoms with E-state index < -0.39 is 0 Å². The second-order valence-corrected chi connectivity index (χ2v) is 3.43. The van der Waals surface area contributed by atoms with E-state index in [2.05, 4.69) is 5.32 Å². The van der Waals surface area contributed by atoms with Gasteiger partial charge in [0.05, 0.1) is 13.7 Å². The first-order valence-electron chi connectivity index (χ1n) is 5.13. The summed E-state index contributed by atoms with van der Waals surface area (Å²) in [5.41, 5.74) is 1.04. The molecule has 1 aromatic carbocycles. The minimum absolute atomic E-state index is 0.127. The molecule has 2 rings (SSSR count). The zero-order chi connectivity index (χ0) is 11.4. The van der Waals surface area contributed by atoms with Crippen LogP contribution in [-0.2, 0) is 6.54 Å². The highest BCUT2D eigenvalue weighted by molar-refractivity contribution is 5.55. The molecule has 0 aromatic heterocycles. The van der Waals surface area contributed by atoms with Gasteiger partial charge in [-0.2, -0.15) is 0 Å². The molecule has 0 amide bonds. The first-order chi connectivity index (χ1) is 7.85. The van der Waals surface area contributed by atoms with Crippen LogP contribution in [0.2, 0.25) is 0 Å². The quantitative estimate of drug-likeness (QED) is 0.715. The molecule has 1 heterocycles. The van der Waals surface area contributed by atoms with E-state index >= 15 is 0 Å². The van der Waals surface area contributed by atoms with Gasteiger partial charge in [-0.25, -0.2) is 0 Å². The highest BCUT2D eigenvalue weighted by atomic mass is 16.7. The number of aliphatic hydroxyl groups is 1. The molecule has 0 saturated heterocycles. The van der Waals surface area contributed by atoms with Crippen LogP contribution in [0.25, 0.3) is 0 Å². The Hall–Kier alpha value is -1.46. The SMILES string of the molecule is COc1cc(CNCCO)cc2c1OCO2. The number of benzene rings is 1. The molecule has 0 unspecified atom stereocenters. The van der Waals surface area contributed by atoms with Gasteiger partial charge >= 0.3 is 0 Å². The number of rotatable bonds is 5.